The number of aliphatic carboxylic acids is 1. The highest BCUT2D eigenvalue weighted by Crippen LogP contribution is 2.16. The van der Waals surface area contributed by atoms with Crippen LogP contribution in [0, 0.1) is 0 Å². The molecule has 0 aliphatic rings. The fourth-order valence-corrected chi connectivity index (χ4v) is 3.27. The van der Waals surface area contributed by atoms with Crippen molar-refractivity contribution in [2.45, 2.75) is 0 Å². The van der Waals surface area contributed by atoms with Crippen molar-refractivity contribution in [3.05, 3.63) is 60.2 Å². The topological polar surface area (TPSA) is 110 Å². The molecule has 0 fully saturated rings. The van der Waals surface area contributed by atoms with Crippen LogP contribution in [-0.2, 0) is 15.1 Å². The second kappa shape index (κ2) is 8.54. The molecule has 0 aliphatic heterocycles. The summed E-state index contributed by atoms with van der Waals surface area (Å²) >= 11 is 0.999. The molecule has 9 heteroatoms. The maximum atomic E-state index is 11.9. The summed E-state index contributed by atoms with van der Waals surface area (Å²) in [5.41, 5.74) is 0.607. The van der Waals surface area contributed by atoms with E-state index < -0.39 is 16.3 Å². The number of thioether (sulfide) groups is 1. The van der Waals surface area contributed by atoms with Crippen molar-refractivity contribution < 1.29 is 27.3 Å². The number of hydrogen-bond donors (Lipinski definition) is 2. The molecule has 0 saturated carbocycles. The van der Waals surface area contributed by atoms with Gasteiger partial charge in [-0.2, -0.15) is 8.42 Å². The summed E-state index contributed by atoms with van der Waals surface area (Å²) in [6.07, 6.45) is 0. The third-order valence-electron chi connectivity index (χ3n) is 2.86. The Kier molecular flexibility index (Phi) is 6.43. The number of carboxylic acid groups (broad SMARTS) is 1. The first-order valence-corrected chi connectivity index (χ1v) is 9.62. The van der Waals surface area contributed by atoms with Gasteiger partial charge in [0.05, 0.1) is 17.2 Å². The smallest absolute Gasteiger partial charge is 0.407 e. The van der Waals surface area contributed by atoms with E-state index in [1.807, 2.05) is 0 Å². The molecule has 2 aromatic rings. The van der Waals surface area contributed by atoms with Gasteiger partial charge in [-0.05, 0) is 36.4 Å². The van der Waals surface area contributed by atoms with Crippen molar-refractivity contribution in [2.24, 2.45) is 0 Å². The van der Waals surface area contributed by atoms with E-state index in [0.29, 0.717) is 5.56 Å². The molecule has 7 nitrogen and oxygen atoms in total. The van der Waals surface area contributed by atoms with E-state index in [9.17, 15) is 18.0 Å². The highest BCUT2D eigenvalue weighted by molar-refractivity contribution is 8.00. The minimum atomic E-state index is -4.05. The zero-order valence-corrected chi connectivity index (χ0v) is 14.5. The van der Waals surface area contributed by atoms with E-state index in [2.05, 4.69) is 4.72 Å². The number of Topliss-reactive ketones (excluding diaryl/α,β-unsaturated/α-hetero) is 1. The Balaban J connectivity index is 1.95. The molecule has 0 bridgehead atoms. The predicted molar refractivity (Wildman–Crippen MR) is 95.3 cm³/mol. The molecular weight excluding hydrogens is 366 g/mol. The Morgan fingerprint density at radius 2 is 1.64 bits per heavy atom. The van der Waals surface area contributed by atoms with Crippen LogP contribution in [0.5, 0.6) is 5.75 Å². The lowest BCUT2D eigenvalue weighted by atomic mass is 10.1. The van der Waals surface area contributed by atoms with Gasteiger partial charge in [0.2, 0.25) is 0 Å². The molecule has 0 saturated heterocycles. The van der Waals surface area contributed by atoms with Gasteiger partial charge in [-0.3, -0.25) is 14.3 Å². The number of rotatable bonds is 9. The van der Waals surface area contributed by atoms with Crippen molar-refractivity contribution in [1.82, 2.24) is 0 Å². The first kappa shape index (κ1) is 18.8. The molecule has 0 atom stereocenters. The minimum absolute atomic E-state index is 0.0362. The first-order valence-electron chi connectivity index (χ1n) is 7.06. The van der Waals surface area contributed by atoms with Crippen molar-refractivity contribution in [3.63, 3.8) is 0 Å². The molecule has 0 amide bonds. The summed E-state index contributed by atoms with van der Waals surface area (Å²) in [7, 11) is -4.05. The quantitative estimate of drug-likeness (QED) is 0.642. The summed E-state index contributed by atoms with van der Waals surface area (Å²) in [6.45, 7) is 0. The van der Waals surface area contributed by atoms with Gasteiger partial charge < -0.3 is 9.29 Å². The first-order chi connectivity index (χ1) is 11.9. The molecule has 2 aromatic carbocycles. The number of para-hydroxylation sites is 1. The Morgan fingerprint density at radius 3 is 2.24 bits per heavy atom. The van der Waals surface area contributed by atoms with E-state index >= 15 is 0 Å². The number of carboxylic acids is 1. The SMILES string of the molecule is O=C(O)CSCC(=O)c1ccc(NS(=O)(=O)Oc2ccccc2)cc1. The van der Waals surface area contributed by atoms with E-state index in [0.717, 1.165) is 11.8 Å². The average Bonchev–Trinajstić information content (AvgIpc) is 2.55. The van der Waals surface area contributed by atoms with Crippen molar-refractivity contribution in [1.29, 1.82) is 0 Å². The molecule has 2 N–H and O–H groups in total. The second-order valence-corrected chi connectivity index (χ2v) is 7.10. The normalized spacial score (nSPS) is 10.9. The maximum Gasteiger partial charge on any atom is 0.407 e. The summed E-state index contributed by atoms with van der Waals surface area (Å²) in [6, 6.07) is 13.8. The van der Waals surface area contributed by atoms with E-state index in [1.54, 1.807) is 18.2 Å². The van der Waals surface area contributed by atoms with Crippen LogP contribution in [-0.4, -0.2) is 36.8 Å². The molecule has 0 spiro atoms. The largest absolute Gasteiger partial charge is 0.481 e. The number of carbonyl (C=O) groups excluding carboxylic acids is 1. The highest BCUT2D eigenvalue weighted by Gasteiger charge is 2.13. The Labute approximate surface area is 149 Å². The minimum Gasteiger partial charge on any atom is -0.481 e. The Bertz CT molecular complexity index is 835. The lowest BCUT2D eigenvalue weighted by Gasteiger charge is -2.09. The Morgan fingerprint density at radius 1 is 1.00 bits per heavy atom. The van der Waals surface area contributed by atoms with Gasteiger partial charge in [-0.15, -0.1) is 11.8 Å². The summed E-state index contributed by atoms with van der Waals surface area (Å²) in [5, 5.41) is 8.54. The zero-order chi connectivity index (χ0) is 18.3. The van der Waals surface area contributed by atoms with Crippen LogP contribution < -0.4 is 8.91 Å². The third-order valence-corrected chi connectivity index (χ3v) is 4.67. The number of anilines is 1. The standard InChI is InChI=1S/C16H15NO6S2/c18-15(10-24-11-16(19)20)12-6-8-13(9-7-12)17-25(21,22)23-14-4-2-1-3-5-14/h1-9,17H,10-11H2,(H,19,20). The Hall–Kier alpha value is -2.52. The summed E-state index contributed by atoms with van der Waals surface area (Å²) < 4.78 is 31.0. The number of benzene rings is 2. The predicted octanol–water partition coefficient (Wildman–Crippen LogP) is 2.42. The van der Waals surface area contributed by atoms with Crippen molar-refractivity contribution in [3.8, 4) is 5.75 Å². The van der Waals surface area contributed by atoms with Crippen LogP contribution in [0.2, 0.25) is 0 Å². The molecule has 25 heavy (non-hydrogen) atoms. The van der Waals surface area contributed by atoms with Gasteiger partial charge >= 0.3 is 16.3 Å². The molecule has 0 unspecified atom stereocenters. The van der Waals surface area contributed by atoms with E-state index in [1.165, 1.54) is 36.4 Å². The zero-order valence-electron chi connectivity index (χ0n) is 12.9. The molecule has 0 aromatic heterocycles. The number of carbonyl (C=O) groups is 2. The lowest BCUT2D eigenvalue weighted by Crippen LogP contribution is -2.19. The van der Waals surface area contributed by atoms with Crippen LogP contribution >= 0.6 is 11.8 Å². The van der Waals surface area contributed by atoms with Gasteiger partial charge in [0.15, 0.2) is 5.78 Å². The van der Waals surface area contributed by atoms with Crippen LogP contribution in [0.25, 0.3) is 0 Å². The van der Waals surface area contributed by atoms with E-state index in [-0.39, 0.29) is 28.7 Å². The van der Waals surface area contributed by atoms with Crippen LogP contribution in [0.4, 0.5) is 5.69 Å². The molecule has 0 aliphatic carbocycles. The maximum absolute atomic E-state index is 11.9. The summed E-state index contributed by atoms with van der Waals surface area (Å²) in [5.74, 6) is -1.16. The molecule has 2 rings (SSSR count). The number of nitrogens with one attached hydrogen (secondary N) is 1. The molecule has 0 heterocycles. The van der Waals surface area contributed by atoms with Crippen molar-refractivity contribution in [2.75, 3.05) is 16.2 Å². The van der Waals surface area contributed by atoms with Crippen LogP contribution in [0.3, 0.4) is 0 Å². The number of hydrogen-bond acceptors (Lipinski definition) is 6. The molecular formula is C16H15NO6S2. The van der Waals surface area contributed by atoms with Crippen molar-refractivity contribution >= 4 is 39.5 Å². The van der Waals surface area contributed by atoms with Crippen LogP contribution in [0.1, 0.15) is 10.4 Å². The van der Waals surface area contributed by atoms with Gasteiger partial charge in [0.25, 0.3) is 0 Å². The fourth-order valence-electron chi connectivity index (χ4n) is 1.81. The molecule has 132 valence electrons. The number of ketones is 1. The van der Waals surface area contributed by atoms with Gasteiger partial charge in [-0.25, -0.2) is 0 Å². The monoisotopic (exact) mass is 381 g/mol. The fraction of sp³-hybridized carbons (Fsp3) is 0.125. The van der Waals surface area contributed by atoms with Gasteiger partial charge in [-0.1, -0.05) is 18.2 Å². The summed E-state index contributed by atoms with van der Waals surface area (Å²) in [4.78, 5) is 22.3. The van der Waals surface area contributed by atoms with Gasteiger partial charge in [0, 0.05) is 5.56 Å². The van der Waals surface area contributed by atoms with E-state index in [4.69, 9.17) is 9.29 Å². The lowest BCUT2D eigenvalue weighted by molar-refractivity contribution is -0.133. The molecule has 0 radical (unpaired) electrons. The average molecular weight is 381 g/mol. The third kappa shape index (κ3) is 6.48. The second-order valence-electron chi connectivity index (χ2n) is 4.84. The van der Waals surface area contributed by atoms with Gasteiger partial charge in [0.1, 0.15) is 5.75 Å². The van der Waals surface area contributed by atoms with Crippen LogP contribution in [0.15, 0.2) is 54.6 Å². The highest BCUT2D eigenvalue weighted by atomic mass is 32.2.